The number of hydrazine groups is 1. The van der Waals surface area contributed by atoms with Gasteiger partial charge in [-0.15, -0.1) is 0 Å². The Kier molecular flexibility index (Phi) is 3.87. The highest BCUT2D eigenvalue weighted by molar-refractivity contribution is 5.44. The van der Waals surface area contributed by atoms with Crippen LogP contribution in [0.25, 0.3) is 0 Å². The van der Waals surface area contributed by atoms with Crippen LogP contribution in [0.15, 0.2) is 18.2 Å². The Labute approximate surface area is 113 Å². The van der Waals surface area contributed by atoms with Gasteiger partial charge >= 0.3 is 0 Å². The average Bonchev–Trinajstić information content (AvgIpc) is 2.76. The SMILES string of the molecule is NCCC1CC(c2ccc3c(c2)OCCCO3)NN1. The molecule has 3 rings (SSSR count). The van der Waals surface area contributed by atoms with E-state index in [1.165, 1.54) is 5.56 Å². The van der Waals surface area contributed by atoms with Crippen molar-refractivity contribution in [3.63, 3.8) is 0 Å². The van der Waals surface area contributed by atoms with Crippen molar-refractivity contribution in [2.24, 2.45) is 5.73 Å². The second kappa shape index (κ2) is 5.77. The first-order chi connectivity index (χ1) is 9.36. The zero-order chi connectivity index (χ0) is 13.1. The van der Waals surface area contributed by atoms with Gasteiger partial charge in [-0.05, 0) is 37.1 Å². The molecule has 1 aromatic rings. The van der Waals surface area contributed by atoms with Crippen LogP contribution in [0.3, 0.4) is 0 Å². The minimum atomic E-state index is 0.314. The normalized spacial score (nSPS) is 26.2. The van der Waals surface area contributed by atoms with Crippen LogP contribution in [0.2, 0.25) is 0 Å². The number of hydrogen-bond acceptors (Lipinski definition) is 5. The first-order valence-corrected chi connectivity index (χ1v) is 6.97. The lowest BCUT2D eigenvalue weighted by molar-refractivity contribution is 0.297. The largest absolute Gasteiger partial charge is 0.490 e. The maximum atomic E-state index is 5.73. The fraction of sp³-hybridized carbons (Fsp3) is 0.571. The molecule has 0 spiro atoms. The summed E-state index contributed by atoms with van der Waals surface area (Å²) in [6.07, 6.45) is 2.98. The van der Waals surface area contributed by atoms with E-state index in [9.17, 15) is 0 Å². The van der Waals surface area contributed by atoms with Gasteiger partial charge in [-0.3, -0.25) is 10.9 Å². The highest BCUT2D eigenvalue weighted by Crippen LogP contribution is 2.34. The van der Waals surface area contributed by atoms with E-state index >= 15 is 0 Å². The topological polar surface area (TPSA) is 68.5 Å². The maximum absolute atomic E-state index is 5.73. The van der Waals surface area contributed by atoms with Crippen molar-refractivity contribution in [2.45, 2.75) is 31.3 Å². The van der Waals surface area contributed by atoms with E-state index in [0.717, 1.165) is 44.0 Å². The van der Waals surface area contributed by atoms with Gasteiger partial charge in [-0.1, -0.05) is 6.07 Å². The van der Waals surface area contributed by atoms with Gasteiger partial charge in [0.05, 0.1) is 13.2 Å². The molecule has 0 aliphatic carbocycles. The van der Waals surface area contributed by atoms with Crippen molar-refractivity contribution in [3.05, 3.63) is 23.8 Å². The lowest BCUT2D eigenvalue weighted by atomic mass is 10.0. The molecule has 2 aliphatic rings. The van der Waals surface area contributed by atoms with Crippen molar-refractivity contribution in [1.29, 1.82) is 0 Å². The molecule has 19 heavy (non-hydrogen) atoms. The number of ether oxygens (including phenoxy) is 2. The molecule has 1 aromatic carbocycles. The molecule has 2 atom stereocenters. The molecule has 2 heterocycles. The molecule has 2 unspecified atom stereocenters. The minimum Gasteiger partial charge on any atom is -0.490 e. The van der Waals surface area contributed by atoms with Crippen LogP contribution in [0, 0.1) is 0 Å². The summed E-state index contributed by atoms with van der Waals surface area (Å²) in [7, 11) is 0. The molecule has 0 radical (unpaired) electrons. The zero-order valence-corrected chi connectivity index (χ0v) is 11.0. The van der Waals surface area contributed by atoms with E-state index in [-0.39, 0.29) is 0 Å². The van der Waals surface area contributed by atoms with Crippen molar-refractivity contribution >= 4 is 0 Å². The third-order valence-electron chi connectivity index (χ3n) is 3.67. The van der Waals surface area contributed by atoms with Crippen LogP contribution < -0.4 is 26.1 Å². The summed E-state index contributed by atoms with van der Waals surface area (Å²) in [5, 5.41) is 0. The third-order valence-corrected chi connectivity index (χ3v) is 3.67. The summed E-state index contributed by atoms with van der Waals surface area (Å²) in [4.78, 5) is 0. The standard InChI is InChI=1S/C14H21N3O2/c15-5-4-11-9-12(17-16-11)10-2-3-13-14(8-10)19-7-1-6-18-13/h2-3,8,11-12,16-17H,1,4-7,9,15H2. The van der Waals surface area contributed by atoms with Gasteiger partial charge in [0.25, 0.3) is 0 Å². The zero-order valence-electron chi connectivity index (χ0n) is 11.0. The number of benzene rings is 1. The summed E-state index contributed by atoms with van der Waals surface area (Å²) in [5.74, 6) is 1.71. The second-order valence-electron chi connectivity index (χ2n) is 5.11. The van der Waals surface area contributed by atoms with Crippen LogP contribution in [0.1, 0.15) is 30.9 Å². The number of fused-ring (bicyclic) bond motifs is 1. The molecule has 0 bridgehead atoms. The van der Waals surface area contributed by atoms with Gasteiger partial charge in [0.2, 0.25) is 0 Å². The Morgan fingerprint density at radius 3 is 2.84 bits per heavy atom. The number of rotatable bonds is 3. The summed E-state index contributed by atoms with van der Waals surface area (Å²) in [5.41, 5.74) is 13.5. The summed E-state index contributed by atoms with van der Waals surface area (Å²) in [6.45, 7) is 2.17. The Morgan fingerprint density at radius 1 is 1.16 bits per heavy atom. The molecule has 5 nitrogen and oxygen atoms in total. The molecule has 1 fully saturated rings. The van der Waals surface area contributed by atoms with Crippen molar-refractivity contribution in [2.75, 3.05) is 19.8 Å². The average molecular weight is 263 g/mol. The number of nitrogens with one attached hydrogen (secondary N) is 2. The fourth-order valence-electron chi connectivity index (χ4n) is 2.63. The molecule has 2 aliphatic heterocycles. The lowest BCUT2D eigenvalue weighted by Crippen LogP contribution is -2.32. The number of nitrogens with two attached hydrogens (primary N) is 1. The van der Waals surface area contributed by atoms with Crippen LogP contribution in [0.4, 0.5) is 0 Å². The van der Waals surface area contributed by atoms with Gasteiger partial charge in [0.1, 0.15) is 0 Å². The van der Waals surface area contributed by atoms with E-state index in [1.807, 2.05) is 6.07 Å². The van der Waals surface area contributed by atoms with Crippen molar-refractivity contribution in [1.82, 2.24) is 10.9 Å². The molecule has 5 heteroatoms. The lowest BCUT2D eigenvalue weighted by Gasteiger charge is -2.13. The van der Waals surface area contributed by atoms with E-state index < -0.39 is 0 Å². The third kappa shape index (κ3) is 2.83. The molecular weight excluding hydrogens is 242 g/mol. The highest BCUT2D eigenvalue weighted by Gasteiger charge is 2.25. The molecule has 0 aromatic heterocycles. The fourth-order valence-corrected chi connectivity index (χ4v) is 2.63. The van der Waals surface area contributed by atoms with Gasteiger partial charge < -0.3 is 15.2 Å². The highest BCUT2D eigenvalue weighted by atomic mass is 16.5. The van der Waals surface area contributed by atoms with Crippen LogP contribution in [0.5, 0.6) is 11.5 Å². The summed E-state index contributed by atoms with van der Waals surface area (Å²) < 4.78 is 11.4. The molecule has 0 amide bonds. The van der Waals surface area contributed by atoms with E-state index in [0.29, 0.717) is 18.6 Å². The van der Waals surface area contributed by atoms with Crippen LogP contribution in [-0.4, -0.2) is 25.8 Å². The van der Waals surface area contributed by atoms with Crippen LogP contribution in [-0.2, 0) is 0 Å². The summed E-state index contributed by atoms with van der Waals surface area (Å²) >= 11 is 0. The predicted molar refractivity (Wildman–Crippen MR) is 73.1 cm³/mol. The molecule has 104 valence electrons. The monoisotopic (exact) mass is 263 g/mol. The van der Waals surface area contributed by atoms with Gasteiger partial charge in [-0.2, -0.15) is 0 Å². The van der Waals surface area contributed by atoms with Gasteiger partial charge in [-0.25, -0.2) is 0 Å². The second-order valence-corrected chi connectivity index (χ2v) is 5.11. The molecule has 1 saturated heterocycles. The van der Waals surface area contributed by atoms with E-state index in [4.69, 9.17) is 15.2 Å². The smallest absolute Gasteiger partial charge is 0.161 e. The Morgan fingerprint density at radius 2 is 2.00 bits per heavy atom. The van der Waals surface area contributed by atoms with E-state index in [1.54, 1.807) is 0 Å². The summed E-state index contributed by atoms with van der Waals surface area (Å²) in [6, 6.07) is 6.97. The Hall–Kier alpha value is -1.30. The first-order valence-electron chi connectivity index (χ1n) is 6.97. The predicted octanol–water partition coefficient (Wildman–Crippen LogP) is 1.10. The van der Waals surface area contributed by atoms with E-state index in [2.05, 4.69) is 23.0 Å². The molecular formula is C14H21N3O2. The van der Waals surface area contributed by atoms with Gasteiger partial charge in [0.15, 0.2) is 11.5 Å². The quantitative estimate of drug-likeness (QED) is 0.762. The van der Waals surface area contributed by atoms with Gasteiger partial charge in [0, 0.05) is 18.5 Å². The Bertz CT molecular complexity index is 439. The Balaban J connectivity index is 1.73. The maximum Gasteiger partial charge on any atom is 0.161 e. The first kappa shape index (κ1) is 12.7. The van der Waals surface area contributed by atoms with Crippen LogP contribution >= 0.6 is 0 Å². The molecule has 0 saturated carbocycles. The van der Waals surface area contributed by atoms with Crippen molar-refractivity contribution in [3.8, 4) is 11.5 Å². The van der Waals surface area contributed by atoms with Crippen molar-refractivity contribution < 1.29 is 9.47 Å². The number of hydrogen-bond donors (Lipinski definition) is 3. The molecule has 4 N–H and O–H groups in total. The minimum absolute atomic E-state index is 0.314.